The van der Waals surface area contributed by atoms with Gasteiger partial charge in [-0.05, 0) is 56.5 Å². The van der Waals surface area contributed by atoms with Gasteiger partial charge in [-0.1, -0.05) is 65.0 Å². The fourth-order valence-corrected chi connectivity index (χ4v) is 5.38. The predicted molar refractivity (Wildman–Crippen MR) is 143 cm³/mol. The van der Waals surface area contributed by atoms with E-state index in [0.717, 1.165) is 51.8 Å². The Morgan fingerprint density at radius 3 is 2.20 bits per heavy atom. The third kappa shape index (κ3) is 7.80. The molecule has 1 N–H and O–H groups in total. The number of aryl methyl sites for hydroxylation is 1. The molecule has 1 aliphatic rings. The molecule has 190 valence electrons. The maximum absolute atomic E-state index is 13.6. The molecular formula is C26H34BrN3O4S. The maximum Gasteiger partial charge on any atom is 0.244 e. The Balaban J connectivity index is 1.85. The van der Waals surface area contributed by atoms with Crippen LogP contribution in [0, 0.1) is 6.92 Å². The molecule has 1 aliphatic carbocycles. The normalized spacial score (nSPS) is 15.3. The molecular weight excluding hydrogens is 530 g/mol. The van der Waals surface area contributed by atoms with Crippen LogP contribution in [0.1, 0.15) is 50.2 Å². The third-order valence-corrected chi connectivity index (χ3v) is 8.06. The average molecular weight is 565 g/mol. The third-order valence-electron chi connectivity index (χ3n) is 6.39. The standard InChI is InChI=1S/C26H34BrN3O4S/c1-19-9-11-21(12-10-19)17-29(20(2)26(32)28-23-7-5-4-6-8-23)25(31)18-30(35(3,33)34)24-15-13-22(27)14-16-24/h9-16,20,23H,4-8,17-18H2,1-3H3,(H,28,32). The highest BCUT2D eigenvalue weighted by molar-refractivity contribution is 9.10. The van der Waals surface area contributed by atoms with Crippen molar-refractivity contribution in [2.24, 2.45) is 0 Å². The summed E-state index contributed by atoms with van der Waals surface area (Å²) in [5.41, 5.74) is 2.35. The lowest BCUT2D eigenvalue weighted by molar-refractivity contribution is -0.139. The van der Waals surface area contributed by atoms with E-state index in [1.165, 1.54) is 11.3 Å². The first kappa shape index (κ1) is 27.2. The van der Waals surface area contributed by atoms with Gasteiger partial charge in [-0.25, -0.2) is 8.42 Å². The minimum Gasteiger partial charge on any atom is -0.352 e. The number of halogens is 1. The minimum atomic E-state index is -3.74. The van der Waals surface area contributed by atoms with Crippen LogP contribution in [0.5, 0.6) is 0 Å². The molecule has 1 unspecified atom stereocenters. The molecule has 7 nitrogen and oxygen atoms in total. The zero-order valence-corrected chi connectivity index (χ0v) is 22.9. The summed E-state index contributed by atoms with van der Waals surface area (Å²) in [6.45, 7) is 3.49. The number of rotatable bonds is 9. The van der Waals surface area contributed by atoms with Crippen molar-refractivity contribution in [2.75, 3.05) is 17.1 Å². The Kier molecular flexibility index (Phi) is 9.35. The summed E-state index contributed by atoms with van der Waals surface area (Å²) < 4.78 is 27.1. The van der Waals surface area contributed by atoms with E-state index in [0.29, 0.717) is 5.69 Å². The average Bonchev–Trinajstić information content (AvgIpc) is 2.82. The molecule has 0 aromatic heterocycles. The van der Waals surface area contributed by atoms with Crippen molar-refractivity contribution in [1.29, 1.82) is 0 Å². The van der Waals surface area contributed by atoms with Crippen LogP contribution in [0.4, 0.5) is 5.69 Å². The summed E-state index contributed by atoms with van der Waals surface area (Å²) in [5, 5.41) is 3.10. The monoisotopic (exact) mass is 563 g/mol. The van der Waals surface area contributed by atoms with Crippen LogP contribution < -0.4 is 9.62 Å². The molecule has 0 spiro atoms. The van der Waals surface area contributed by atoms with E-state index < -0.39 is 28.5 Å². The number of carbonyl (C=O) groups excluding carboxylic acids is 2. The first-order valence-corrected chi connectivity index (χ1v) is 14.6. The Morgan fingerprint density at radius 2 is 1.63 bits per heavy atom. The first-order chi connectivity index (χ1) is 16.5. The second-order valence-corrected chi connectivity index (χ2v) is 12.1. The van der Waals surface area contributed by atoms with Crippen molar-refractivity contribution in [3.8, 4) is 0 Å². The SMILES string of the molecule is Cc1ccc(CN(C(=O)CN(c2ccc(Br)cc2)S(C)(=O)=O)C(C)C(=O)NC2CCCCC2)cc1. The predicted octanol–water partition coefficient (Wildman–Crippen LogP) is 4.39. The highest BCUT2D eigenvalue weighted by Gasteiger charge is 2.31. The molecule has 0 bridgehead atoms. The van der Waals surface area contributed by atoms with Gasteiger partial charge in [0, 0.05) is 17.1 Å². The van der Waals surface area contributed by atoms with Gasteiger partial charge in [0.05, 0.1) is 11.9 Å². The number of hydrogen-bond acceptors (Lipinski definition) is 4. The van der Waals surface area contributed by atoms with Crippen molar-refractivity contribution in [1.82, 2.24) is 10.2 Å². The largest absolute Gasteiger partial charge is 0.352 e. The summed E-state index contributed by atoms with van der Waals surface area (Å²) in [7, 11) is -3.74. The lowest BCUT2D eigenvalue weighted by Crippen LogP contribution is -2.52. The van der Waals surface area contributed by atoms with Gasteiger partial charge in [-0.2, -0.15) is 0 Å². The minimum absolute atomic E-state index is 0.116. The molecule has 0 radical (unpaired) electrons. The van der Waals surface area contributed by atoms with Crippen molar-refractivity contribution < 1.29 is 18.0 Å². The molecule has 3 rings (SSSR count). The van der Waals surface area contributed by atoms with E-state index in [-0.39, 0.29) is 18.5 Å². The smallest absolute Gasteiger partial charge is 0.244 e. The lowest BCUT2D eigenvalue weighted by Gasteiger charge is -2.33. The van der Waals surface area contributed by atoms with Gasteiger partial charge >= 0.3 is 0 Å². The number of amides is 2. The number of anilines is 1. The highest BCUT2D eigenvalue weighted by Crippen LogP contribution is 2.22. The van der Waals surface area contributed by atoms with E-state index in [9.17, 15) is 18.0 Å². The summed E-state index contributed by atoms with van der Waals surface area (Å²) in [4.78, 5) is 28.2. The molecule has 1 saturated carbocycles. The molecule has 0 saturated heterocycles. The van der Waals surface area contributed by atoms with Crippen molar-refractivity contribution >= 4 is 43.5 Å². The summed E-state index contributed by atoms with van der Waals surface area (Å²) in [6, 6.07) is 13.8. The fraction of sp³-hybridized carbons (Fsp3) is 0.462. The molecule has 2 amide bonds. The van der Waals surface area contributed by atoms with Crippen LogP contribution in [0.25, 0.3) is 0 Å². The zero-order valence-electron chi connectivity index (χ0n) is 20.5. The summed E-state index contributed by atoms with van der Waals surface area (Å²) in [5.74, 6) is -0.655. The number of benzene rings is 2. The van der Waals surface area contributed by atoms with Crippen molar-refractivity contribution in [3.63, 3.8) is 0 Å². The van der Waals surface area contributed by atoms with Crippen molar-refractivity contribution in [2.45, 2.75) is 64.6 Å². The Labute approximate surface area is 217 Å². The number of sulfonamides is 1. The van der Waals surface area contributed by atoms with Crippen LogP contribution >= 0.6 is 15.9 Å². The van der Waals surface area contributed by atoms with Gasteiger partial charge in [0.1, 0.15) is 12.6 Å². The lowest BCUT2D eigenvalue weighted by atomic mass is 9.95. The number of nitrogens with zero attached hydrogens (tertiary/aromatic N) is 2. The van der Waals surface area contributed by atoms with Crippen LogP contribution in [-0.4, -0.2) is 50.0 Å². The van der Waals surface area contributed by atoms with Crippen molar-refractivity contribution in [3.05, 3.63) is 64.1 Å². The topological polar surface area (TPSA) is 86.8 Å². The first-order valence-electron chi connectivity index (χ1n) is 11.9. The van der Waals surface area contributed by atoms with Gasteiger partial charge in [-0.15, -0.1) is 0 Å². The second-order valence-electron chi connectivity index (χ2n) is 9.27. The van der Waals surface area contributed by atoms with Gasteiger partial charge in [0.25, 0.3) is 0 Å². The molecule has 0 heterocycles. The number of carbonyl (C=O) groups is 2. The van der Waals surface area contributed by atoms with Gasteiger partial charge in [0.2, 0.25) is 21.8 Å². The van der Waals surface area contributed by atoms with E-state index >= 15 is 0 Å². The van der Waals surface area contributed by atoms with E-state index in [1.54, 1.807) is 31.2 Å². The molecule has 1 fully saturated rings. The highest BCUT2D eigenvalue weighted by atomic mass is 79.9. The second kappa shape index (κ2) is 12.0. The molecule has 1 atom stereocenters. The van der Waals surface area contributed by atoms with Crippen LogP contribution in [0.2, 0.25) is 0 Å². The molecule has 2 aromatic rings. The molecule has 2 aromatic carbocycles. The van der Waals surface area contributed by atoms with Crippen LogP contribution in [-0.2, 0) is 26.2 Å². The summed E-state index contributed by atoms with van der Waals surface area (Å²) in [6.07, 6.45) is 6.30. The molecule has 0 aliphatic heterocycles. The maximum atomic E-state index is 13.6. The van der Waals surface area contributed by atoms with Gasteiger partial charge < -0.3 is 10.2 Å². The Bertz CT molecular complexity index is 1110. The quantitative estimate of drug-likeness (QED) is 0.490. The zero-order chi connectivity index (χ0) is 25.6. The number of nitrogens with one attached hydrogen (secondary N) is 1. The van der Waals surface area contributed by atoms with Crippen LogP contribution in [0.15, 0.2) is 53.0 Å². The number of hydrogen-bond donors (Lipinski definition) is 1. The fourth-order valence-electron chi connectivity index (χ4n) is 4.26. The van der Waals surface area contributed by atoms with E-state index in [4.69, 9.17) is 0 Å². The summed E-state index contributed by atoms with van der Waals surface area (Å²) >= 11 is 3.35. The Morgan fingerprint density at radius 1 is 1.03 bits per heavy atom. The van der Waals surface area contributed by atoms with E-state index in [2.05, 4.69) is 21.2 Å². The van der Waals surface area contributed by atoms with Crippen LogP contribution in [0.3, 0.4) is 0 Å². The van der Waals surface area contributed by atoms with Gasteiger partial charge in [-0.3, -0.25) is 13.9 Å². The Hall–Kier alpha value is -2.39. The van der Waals surface area contributed by atoms with E-state index in [1.807, 2.05) is 31.2 Å². The molecule has 35 heavy (non-hydrogen) atoms. The molecule has 9 heteroatoms. The van der Waals surface area contributed by atoms with Gasteiger partial charge in [0.15, 0.2) is 0 Å².